The number of urea groups is 1. The van der Waals surface area contributed by atoms with Gasteiger partial charge in [0.25, 0.3) is 11.8 Å². The SMILES string of the molecule is CCC(=O)Oc1ccccc1/C=C1/C(=O)NC(=O)N(c2ccc(Br)cc2)C1=O. The summed E-state index contributed by atoms with van der Waals surface area (Å²) < 4.78 is 6.02. The van der Waals surface area contributed by atoms with Crippen molar-refractivity contribution in [1.82, 2.24) is 5.32 Å². The molecule has 1 aliphatic rings. The van der Waals surface area contributed by atoms with Crippen molar-refractivity contribution in [2.45, 2.75) is 13.3 Å². The molecule has 0 aliphatic carbocycles. The number of carbonyl (C=O) groups excluding carboxylic acids is 4. The minimum atomic E-state index is -0.833. The van der Waals surface area contributed by atoms with Crippen molar-refractivity contribution < 1.29 is 23.9 Å². The number of rotatable bonds is 4. The fraction of sp³-hybridized carbons (Fsp3) is 0.100. The first-order valence-corrected chi connectivity index (χ1v) is 9.16. The molecular weight excluding hydrogens is 428 g/mol. The number of hydrogen-bond donors (Lipinski definition) is 1. The Hall–Kier alpha value is -3.26. The Morgan fingerprint density at radius 3 is 2.46 bits per heavy atom. The Bertz CT molecular complexity index is 998. The number of anilines is 1. The number of barbiturate groups is 1. The van der Waals surface area contributed by atoms with E-state index in [1.54, 1.807) is 55.5 Å². The molecule has 8 heteroatoms. The predicted molar refractivity (Wildman–Crippen MR) is 106 cm³/mol. The van der Waals surface area contributed by atoms with Crippen LogP contribution in [0.25, 0.3) is 6.08 Å². The van der Waals surface area contributed by atoms with E-state index in [1.807, 2.05) is 0 Å². The van der Waals surface area contributed by atoms with Gasteiger partial charge in [0.2, 0.25) is 0 Å². The molecule has 1 heterocycles. The van der Waals surface area contributed by atoms with Crippen LogP contribution in [0.2, 0.25) is 0 Å². The third-order valence-corrected chi connectivity index (χ3v) is 4.45. The molecule has 1 N–H and O–H groups in total. The minimum absolute atomic E-state index is 0.177. The highest BCUT2D eigenvalue weighted by Crippen LogP contribution is 2.26. The number of carbonyl (C=O) groups is 4. The molecular formula is C20H15BrN2O5. The molecule has 0 atom stereocenters. The van der Waals surface area contributed by atoms with Gasteiger partial charge in [-0.15, -0.1) is 0 Å². The summed E-state index contributed by atoms with van der Waals surface area (Å²) in [5.74, 6) is -1.82. The number of ether oxygens (including phenoxy) is 1. The molecule has 2 aromatic carbocycles. The van der Waals surface area contributed by atoms with E-state index in [4.69, 9.17) is 4.74 Å². The van der Waals surface area contributed by atoms with E-state index in [9.17, 15) is 19.2 Å². The topological polar surface area (TPSA) is 92.8 Å². The van der Waals surface area contributed by atoms with Crippen molar-refractivity contribution in [3.63, 3.8) is 0 Å². The second-order valence-electron chi connectivity index (χ2n) is 5.80. The van der Waals surface area contributed by atoms with Gasteiger partial charge in [0.15, 0.2) is 0 Å². The normalized spacial score (nSPS) is 15.6. The van der Waals surface area contributed by atoms with Crippen LogP contribution in [0, 0.1) is 0 Å². The summed E-state index contributed by atoms with van der Waals surface area (Å²) in [6.07, 6.45) is 1.48. The van der Waals surface area contributed by atoms with Gasteiger partial charge in [-0.2, -0.15) is 0 Å². The molecule has 2 aromatic rings. The second kappa shape index (κ2) is 8.18. The number of halogens is 1. The van der Waals surface area contributed by atoms with Crippen molar-refractivity contribution in [3.8, 4) is 5.75 Å². The number of esters is 1. The van der Waals surface area contributed by atoms with Gasteiger partial charge in [0, 0.05) is 16.5 Å². The Kier molecular flexibility index (Phi) is 5.70. The van der Waals surface area contributed by atoms with Crippen LogP contribution in [0.5, 0.6) is 5.75 Å². The second-order valence-corrected chi connectivity index (χ2v) is 6.72. The van der Waals surface area contributed by atoms with Crippen LogP contribution in [-0.2, 0) is 14.4 Å². The highest BCUT2D eigenvalue weighted by molar-refractivity contribution is 9.10. The quantitative estimate of drug-likeness (QED) is 0.338. The van der Waals surface area contributed by atoms with Gasteiger partial charge >= 0.3 is 12.0 Å². The van der Waals surface area contributed by atoms with Crippen molar-refractivity contribution in [1.29, 1.82) is 0 Å². The molecule has 0 radical (unpaired) electrons. The standard InChI is InChI=1S/C20H15BrN2O5/c1-2-17(24)28-16-6-4-3-5-12(16)11-15-18(25)22-20(27)23(19(15)26)14-9-7-13(21)8-10-14/h3-11H,2H2,1H3,(H,22,25,27)/b15-11-. The van der Waals surface area contributed by atoms with Crippen LogP contribution in [0.15, 0.2) is 58.6 Å². The predicted octanol–water partition coefficient (Wildman–Crippen LogP) is 3.43. The van der Waals surface area contributed by atoms with Gasteiger partial charge in [-0.05, 0) is 36.4 Å². The zero-order valence-electron chi connectivity index (χ0n) is 14.8. The highest BCUT2D eigenvalue weighted by Gasteiger charge is 2.36. The molecule has 0 bridgehead atoms. The lowest BCUT2D eigenvalue weighted by Gasteiger charge is -2.26. The summed E-state index contributed by atoms with van der Waals surface area (Å²) in [4.78, 5) is 49.9. The molecule has 3 rings (SSSR count). The smallest absolute Gasteiger partial charge is 0.335 e. The first-order valence-electron chi connectivity index (χ1n) is 8.37. The molecule has 7 nitrogen and oxygen atoms in total. The number of imide groups is 2. The molecule has 1 aliphatic heterocycles. The number of nitrogens with one attached hydrogen (secondary N) is 1. The van der Waals surface area contributed by atoms with Crippen LogP contribution in [-0.4, -0.2) is 23.8 Å². The van der Waals surface area contributed by atoms with Crippen molar-refractivity contribution in [2.75, 3.05) is 4.90 Å². The molecule has 0 aromatic heterocycles. The van der Waals surface area contributed by atoms with E-state index in [-0.39, 0.29) is 17.7 Å². The maximum absolute atomic E-state index is 12.9. The Morgan fingerprint density at radius 1 is 1.11 bits per heavy atom. The van der Waals surface area contributed by atoms with E-state index < -0.39 is 23.8 Å². The average Bonchev–Trinajstić information content (AvgIpc) is 2.67. The lowest BCUT2D eigenvalue weighted by Crippen LogP contribution is -2.54. The van der Waals surface area contributed by atoms with Gasteiger partial charge in [-0.1, -0.05) is 41.1 Å². The number of amides is 4. The van der Waals surface area contributed by atoms with E-state index in [0.29, 0.717) is 11.3 Å². The summed E-state index contributed by atoms with van der Waals surface area (Å²) in [5.41, 5.74) is 0.435. The van der Waals surface area contributed by atoms with Crippen molar-refractivity contribution in [2.24, 2.45) is 0 Å². The molecule has 0 unspecified atom stereocenters. The van der Waals surface area contributed by atoms with Gasteiger partial charge in [0.1, 0.15) is 11.3 Å². The van der Waals surface area contributed by atoms with Gasteiger partial charge < -0.3 is 4.74 Å². The first kappa shape index (κ1) is 19.5. The molecule has 4 amide bonds. The zero-order chi connectivity index (χ0) is 20.3. The summed E-state index contributed by atoms with van der Waals surface area (Å²) in [7, 11) is 0. The highest BCUT2D eigenvalue weighted by atomic mass is 79.9. The molecule has 28 heavy (non-hydrogen) atoms. The molecule has 1 fully saturated rings. The van der Waals surface area contributed by atoms with Crippen LogP contribution < -0.4 is 15.0 Å². The van der Waals surface area contributed by atoms with Crippen LogP contribution in [0.3, 0.4) is 0 Å². The lowest BCUT2D eigenvalue weighted by atomic mass is 10.1. The maximum Gasteiger partial charge on any atom is 0.335 e. The first-order chi connectivity index (χ1) is 13.4. The van der Waals surface area contributed by atoms with Crippen LogP contribution in [0.4, 0.5) is 10.5 Å². The number of benzene rings is 2. The zero-order valence-corrected chi connectivity index (χ0v) is 16.4. The van der Waals surface area contributed by atoms with Gasteiger partial charge in [0.05, 0.1) is 5.69 Å². The molecule has 0 spiro atoms. The van der Waals surface area contributed by atoms with E-state index >= 15 is 0 Å². The van der Waals surface area contributed by atoms with Gasteiger partial charge in [-0.3, -0.25) is 19.7 Å². The van der Waals surface area contributed by atoms with Crippen LogP contribution >= 0.6 is 15.9 Å². The molecule has 142 valence electrons. The fourth-order valence-corrected chi connectivity index (χ4v) is 2.79. The van der Waals surface area contributed by atoms with Crippen molar-refractivity contribution >= 4 is 51.5 Å². The Balaban J connectivity index is 2.00. The summed E-state index contributed by atoms with van der Waals surface area (Å²) in [6.45, 7) is 1.66. The summed E-state index contributed by atoms with van der Waals surface area (Å²) >= 11 is 3.29. The van der Waals surface area contributed by atoms with E-state index in [0.717, 1.165) is 9.37 Å². The number of hydrogen-bond acceptors (Lipinski definition) is 5. The minimum Gasteiger partial charge on any atom is -0.426 e. The number of para-hydroxylation sites is 1. The molecule has 1 saturated heterocycles. The Morgan fingerprint density at radius 2 is 1.79 bits per heavy atom. The molecule has 0 saturated carbocycles. The van der Waals surface area contributed by atoms with Crippen molar-refractivity contribution in [3.05, 3.63) is 64.1 Å². The largest absolute Gasteiger partial charge is 0.426 e. The monoisotopic (exact) mass is 442 g/mol. The summed E-state index contributed by atoms with van der Waals surface area (Å²) in [6, 6.07) is 12.2. The third kappa shape index (κ3) is 4.01. The average molecular weight is 443 g/mol. The summed E-state index contributed by atoms with van der Waals surface area (Å²) in [5, 5.41) is 2.15. The Labute approximate surface area is 169 Å². The number of nitrogens with zero attached hydrogens (tertiary/aromatic N) is 1. The fourth-order valence-electron chi connectivity index (χ4n) is 2.53. The van der Waals surface area contributed by atoms with Crippen LogP contribution in [0.1, 0.15) is 18.9 Å². The van der Waals surface area contributed by atoms with Gasteiger partial charge in [-0.25, -0.2) is 9.69 Å². The van der Waals surface area contributed by atoms with E-state index in [2.05, 4.69) is 21.2 Å². The third-order valence-electron chi connectivity index (χ3n) is 3.92. The maximum atomic E-state index is 12.9. The lowest BCUT2D eigenvalue weighted by molar-refractivity contribution is -0.134. The van der Waals surface area contributed by atoms with E-state index in [1.165, 1.54) is 6.08 Å².